The average Bonchev–Trinajstić information content (AvgIpc) is 2.86. The predicted octanol–water partition coefficient (Wildman–Crippen LogP) is 1.74. The lowest BCUT2D eigenvalue weighted by Gasteiger charge is -2.32. The third-order valence-corrected chi connectivity index (χ3v) is 3.58. The van der Waals surface area contributed by atoms with Crippen LogP contribution in [0.15, 0.2) is 18.3 Å². The third-order valence-electron chi connectivity index (χ3n) is 3.58. The van der Waals surface area contributed by atoms with Crippen LogP contribution in [-0.4, -0.2) is 40.2 Å². The number of hydrogen-bond acceptors (Lipinski definition) is 2. The molecule has 1 fully saturated rings. The molecule has 1 amide bonds. The fraction of sp³-hybridized carbons (Fsp3) is 0.643. The second-order valence-corrected chi connectivity index (χ2v) is 5.03. The van der Waals surface area contributed by atoms with Gasteiger partial charge in [-0.05, 0) is 37.3 Å². The topological polar surface area (TPSA) is 45.5 Å². The summed E-state index contributed by atoms with van der Waals surface area (Å²) in [5.74, 6) is 0.351. The van der Waals surface area contributed by atoms with Gasteiger partial charge in [-0.2, -0.15) is 0 Å². The Bertz CT molecular complexity index is 400. The molecule has 2 rings (SSSR count). The van der Waals surface area contributed by atoms with E-state index in [1.54, 1.807) is 0 Å². The smallest absolute Gasteiger partial charge is 0.270 e. The Hall–Kier alpha value is -1.29. The van der Waals surface area contributed by atoms with Gasteiger partial charge in [0.1, 0.15) is 5.69 Å². The number of aliphatic hydroxyl groups is 1. The molecule has 1 aliphatic rings. The Morgan fingerprint density at radius 2 is 2.39 bits per heavy atom. The van der Waals surface area contributed by atoms with E-state index in [2.05, 4.69) is 6.92 Å². The minimum Gasteiger partial charge on any atom is -0.396 e. The number of rotatable bonds is 4. The number of hydrogen-bond donors (Lipinski definition) is 1. The second kappa shape index (κ2) is 6.05. The van der Waals surface area contributed by atoms with Gasteiger partial charge in [-0.25, -0.2) is 0 Å². The quantitative estimate of drug-likeness (QED) is 0.884. The molecule has 0 spiro atoms. The number of aromatic nitrogens is 1. The standard InChI is InChI=1S/C14H22N2O2/c1-2-7-15-8-4-6-13(15)14(18)16-9-3-5-12(10-16)11-17/h4,6,8,12,17H,2-3,5,7,9-11H2,1H3. The largest absolute Gasteiger partial charge is 0.396 e. The number of aliphatic hydroxyl groups excluding tert-OH is 1. The first-order valence-electron chi connectivity index (χ1n) is 6.81. The number of carbonyl (C=O) groups is 1. The SMILES string of the molecule is CCCn1cccc1C(=O)N1CCCC(CO)C1. The van der Waals surface area contributed by atoms with Crippen molar-refractivity contribution in [3.05, 3.63) is 24.0 Å². The van der Waals surface area contributed by atoms with E-state index in [-0.39, 0.29) is 18.4 Å². The molecule has 4 nitrogen and oxygen atoms in total. The van der Waals surface area contributed by atoms with Gasteiger partial charge < -0.3 is 14.6 Å². The summed E-state index contributed by atoms with van der Waals surface area (Å²) in [5.41, 5.74) is 0.774. The summed E-state index contributed by atoms with van der Waals surface area (Å²) in [5, 5.41) is 9.22. The zero-order valence-corrected chi connectivity index (χ0v) is 11.0. The fourth-order valence-corrected chi connectivity index (χ4v) is 2.60. The van der Waals surface area contributed by atoms with E-state index in [0.29, 0.717) is 6.54 Å². The van der Waals surface area contributed by atoms with Gasteiger partial charge in [0, 0.05) is 32.4 Å². The highest BCUT2D eigenvalue weighted by Crippen LogP contribution is 2.18. The molecule has 0 saturated carbocycles. The number of carbonyl (C=O) groups excluding carboxylic acids is 1. The zero-order valence-electron chi connectivity index (χ0n) is 11.0. The van der Waals surface area contributed by atoms with E-state index in [9.17, 15) is 9.90 Å². The summed E-state index contributed by atoms with van der Waals surface area (Å²) in [7, 11) is 0. The molecule has 1 aliphatic heterocycles. The zero-order chi connectivity index (χ0) is 13.0. The molecule has 0 aliphatic carbocycles. The summed E-state index contributed by atoms with van der Waals surface area (Å²) in [6.07, 6.45) is 5.00. The van der Waals surface area contributed by atoms with Crippen molar-refractivity contribution < 1.29 is 9.90 Å². The Labute approximate surface area is 108 Å². The van der Waals surface area contributed by atoms with Crippen LogP contribution >= 0.6 is 0 Å². The molecule has 18 heavy (non-hydrogen) atoms. The van der Waals surface area contributed by atoms with Gasteiger partial charge in [0.15, 0.2) is 0 Å². The van der Waals surface area contributed by atoms with Crippen LogP contribution in [0.1, 0.15) is 36.7 Å². The van der Waals surface area contributed by atoms with Crippen molar-refractivity contribution in [1.82, 2.24) is 9.47 Å². The maximum Gasteiger partial charge on any atom is 0.270 e. The first-order valence-corrected chi connectivity index (χ1v) is 6.81. The van der Waals surface area contributed by atoms with Crippen LogP contribution in [0.4, 0.5) is 0 Å². The van der Waals surface area contributed by atoms with Crippen molar-refractivity contribution in [3.8, 4) is 0 Å². The van der Waals surface area contributed by atoms with Crippen LogP contribution in [0.25, 0.3) is 0 Å². The predicted molar refractivity (Wildman–Crippen MR) is 70.4 cm³/mol. The molecular formula is C14H22N2O2. The summed E-state index contributed by atoms with van der Waals surface area (Å²) in [6.45, 7) is 4.67. The van der Waals surface area contributed by atoms with Crippen molar-refractivity contribution in [1.29, 1.82) is 0 Å². The summed E-state index contributed by atoms with van der Waals surface area (Å²) >= 11 is 0. The van der Waals surface area contributed by atoms with Crippen molar-refractivity contribution >= 4 is 5.91 Å². The van der Waals surface area contributed by atoms with E-state index in [1.165, 1.54) is 0 Å². The van der Waals surface area contributed by atoms with Crippen LogP contribution in [0.3, 0.4) is 0 Å². The lowest BCUT2D eigenvalue weighted by molar-refractivity contribution is 0.0610. The molecule has 0 aromatic carbocycles. The molecule has 0 radical (unpaired) electrons. The maximum absolute atomic E-state index is 12.4. The highest BCUT2D eigenvalue weighted by molar-refractivity contribution is 5.92. The lowest BCUT2D eigenvalue weighted by atomic mass is 9.99. The molecule has 1 aromatic rings. The van der Waals surface area contributed by atoms with Gasteiger partial charge in [-0.3, -0.25) is 4.79 Å². The van der Waals surface area contributed by atoms with Gasteiger partial charge in [-0.15, -0.1) is 0 Å². The Morgan fingerprint density at radius 3 is 3.11 bits per heavy atom. The molecule has 100 valence electrons. The molecule has 1 atom stereocenters. The lowest BCUT2D eigenvalue weighted by Crippen LogP contribution is -2.41. The molecule has 0 bridgehead atoms. The van der Waals surface area contributed by atoms with E-state index in [4.69, 9.17) is 0 Å². The number of amides is 1. The van der Waals surface area contributed by atoms with E-state index < -0.39 is 0 Å². The summed E-state index contributed by atoms with van der Waals surface area (Å²) < 4.78 is 2.02. The minimum atomic E-state index is 0.103. The van der Waals surface area contributed by atoms with Crippen LogP contribution in [-0.2, 0) is 6.54 Å². The number of likely N-dealkylation sites (tertiary alicyclic amines) is 1. The van der Waals surface area contributed by atoms with Gasteiger partial charge in [0.2, 0.25) is 0 Å². The molecule has 1 unspecified atom stereocenters. The van der Waals surface area contributed by atoms with Crippen molar-refractivity contribution in [2.75, 3.05) is 19.7 Å². The Morgan fingerprint density at radius 1 is 1.56 bits per heavy atom. The molecule has 2 heterocycles. The van der Waals surface area contributed by atoms with Crippen molar-refractivity contribution in [2.24, 2.45) is 5.92 Å². The Balaban J connectivity index is 2.08. The van der Waals surface area contributed by atoms with Crippen LogP contribution in [0, 0.1) is 5.92 Å². The first-order chi connectivity index (χ1) is 8.76. The highest BCUT2D eigenvalue weighted by Gasteiger charge is 2.25. The summed E-state index contributed by atoms with van der Waals surface area (Å²) in [6, 6.07) is 3.82. The van der Waals surface area contributed by atoms with Crippen LogP contribution in [0.2, 0.25) is 0 Å². The summed E-state index contributed by atoms with van der Waals surface area (Å²) in [4.78, 5) is 14.3. The fourth-order valence-electron chi connectivity index (χ4n) is 2.60. The van der Waals surface area contributed by atoms with Gasteiger partial charge >= 0.3 is 0 Å². The van der Waals surface area contributed by atoms with E-state index >= 15 is 0 Å². The molecule has 1 saturated heterocycles. The van der Waals surface area contributed by atoms with Crippen molar-refractivity contribution in [2.45, 2.75) is 32.7 Å². The monoisotopic (exact) mass is 250 g/mol. The average molecular weight is 250 g/mol. The van der Waals surface area contributed by atoms with E-state index in [0.717, 1.165) is 38.0 Å². The normalized spacial score (nSPS) is 20.1. The van der Waals surface area contributed by atoms with E-state index in [1.807, 2.05) is 27.8 Å². The van der Waals surface area contributed by atoms with Gasteiger partial charge in [0.25, 0.3) is 5.91 Å². The maximum atomic E-state index is 12.4. The Kier molecular flexibility index (Phi) is 4.42. The third kappa shape index (κ3) is 2.75. The minimum absolute atomic E-state index is 0.103. The van der Waals surface area contributed by atoms with Gasteiger partial charge in [-0.1, -0.05) is 6.92 Å². The number of nitrogens with zero attached hydrogens (tertiary/aromatic N) is 2. The molecule has 4 heteroatoms. The number of aryl methyl sites for hydroxylation is 1. The number of piperidine rings is 1. The first kappa shape index (κ1) is 13.1. The van der Waals surface area contributed by atoms with Crippen molar-refractivity contribution in [3.63, 3.8) is 0 Å². The molecule has 1 aromatic heterocycles. The molecular weight excluding hydrogens is 228 g/mol. The second-order valence-electron chi connectivity index (χ2n) is 5.03. The molecule has 1 N–H and O–H groups in total. The van der Waals surface area contributed by atoms with Crippen LogP contribution < -0.4 is 0 Å². The van der Waals surface area contributed by atoms with Crippen LogP contribution in [0.5, 0.6) is 0 Å². The highest BCUT2D eigenvalue weighted by atomic mass is 16.3. The van der Waals surface area contributed by atoms with Gasteiger partial charge in [0.05, 0.1) is 0 Å².